The molecule has 0 spiro atoms. The number of hydrogen-bond acceptors (Lipinski definition) is 7. The van der Waals surface area contributed by atoms with Gasteiger partial charge in [-0.1, -0.05) is 18.2 Å². The molecule has 1 atom stereocenters. The van der Waals surface area contributed by atoms with Gasteiger partial charge in [-0.25, -0.2) is 4.99 Å². The minimum atomic E-state index is -0.831. The Morgan fingerprint density at radius 1 is 0.968 bits per heavy atom. The fourth-order valence-corrected chi connectivity index (χ4v) is 2.59. The van der Waals surface area contributed by atoms with Gasteiger partial charge in [0.15, 0.2) is 17.5 Å². The van der Waals surface area contributed by atoms with E-state index in [4.69, 9.17) is 11.5 Å². The van der Waals surface area contributed by atoms with Gasteiger partial charge in [-0.05, 0) is 35.4 Å². The third-order valence-electron chi connectivity index (χ3n) is 4.12. The molecule has 2 aromatic carbocycles. The maximum Gasteiger partial charge on any atom is 0.234 e. The molecule has 0 aliphatic rings. The summed E-state index contributed by atoms with van der Waals surface area (Å²) in [7, 11) is 0. The van der Waals surface area contributed by atoms with Gasteiger partial charge in [0.2, 0.25) is 11.8 Å². The van der Waals surface area contributed by atoms with Crippen molar-refractivity contribution in [2.45, 2.75) is 19.1 Å². The van der Waals surface area contributed by atoms with Crippen molar-refractivity contribution < 1.29 is 24.9 Å². The first-order valence-corrected chi connectivity index (χ1v) is 9.36. The Morgan fingerprint density at radius 3 is 2.26 bits per heavy atom. The number of nitrogens with two attached hydrogens (primary N) is 2. The molecule has 0 saturated carbocycles. The molecule has 166 valence electrons. The molecule has 0 aromatic heterocycles. The number of benzene rings is 2. The highest BCUT2D eigenvalue weighted by atomic mass is 16.3. The fourth-order valence-electron chi connectivity index (χ4n) is 2.59. The number of carbonyl (C=O) groups excluding carboxylic acids is 2. The topological polar surface area (TPSA) is 195 Å². The van der Waals surface area contributed by atoms with Crippen LogP contribution in [0.15, 0.2) is 47.5 Å². The highest BCUT2D eigenvalue weighted by Crippen LogP contribution is 2.24. The lowest BCUT2D eigenvalue weighted by molar-refractivity contribution is -0.123. The second kappa shape index (κ2) is 11.4. The lowest BCUT2D eigenvalue weighted by Gasteiger charge is -2.18. The van der Waals surface area contributed by atoms with Crippen LogP contribution in [0.1, 0.15) is 11.1 Å². The van der Waals surface area contributed by atoms with Gasteiger partial charge in [0.1, 0.15) is 6.17 Å². The number of aromatic hydroxyl groups is 2. The Bertz CT molecular complexity index is 928. The highest BCUT2D eigenvalue weighted by molar-refractivity contribution is 5.80. The Hall–Kier alpha value is -3.83. The van der Waals surface area contributed by atoms with E-state index >= 15 is 0 Å². The van der Waals surface area contributed by atoms with E-state index in [2.05, 4.69) is 20.9 Å². The van der Waals surface area contributed by atoms with Crippen LogP contribution in [-0.4, -0.2) is 52.4 Å². The van der Waals surface area contributed by atoms with Gasteiger partial charge in [-0.3, -0.25) is 14.9 Å². The van der Waals surface area contributed by atoms with Gasteiger partial charge < -0.3 is 37.4 Å². The summed E-state index contributed by atoms with van der Waals surface area (Å²) in [5.41, 5.74) is 12.5. The minimum Gasteiger partial charge on any atom is -0.504 e. The second-order valence-electron chi connectivity index (χ2n) is 6.66. The zero-order valence-corrected chi connectivity index (χ0v) is 16.7. The van der Waals surface area contributed by atoms with E-state index in [1.54, 1.807) is 24.3 Å². The number of hydrogen-bond donors (Lipinski definition) is 8. The summed E-state index contributed by atoms with van der Waals surface area (Å²) >= 11 is 0. The lowest BCUT2D eigenvalue weighted by atomic mass is 10.1. The molecule has 2 rings (SSSR count). The molecular formula is C20H26N6O5. The molecule has 0 fully saturated rings. The summed E-state index contributed by atoms with van der Waals surface area (Å²) in [5.74, 6) is -1.42. The lowest BCUT2D eigenvalue weighted by Crippen LogP contribution is -2.51. The molecule has 11 nitrogen and oxygen atoms in total. The summed E-state index contributed by atoms with van der Waals surface area (Å²) < 4.78 is 0. The zero-order chi connectivity index (χ0) is 22.8. The van der Waals surface area contributed by atoms with Crippen molar-refractivity contribution >= 4 is 23.5 Å². The molecule has 31 heavy (non-hydrogen) atoms. The Morgan fingerprint density at radius 2 is 1.65 bits per heavy atom. The van der Waals surface area contributed by atoms with E-state index in [0.717, 1.165) is 5.56 Å². The molecule has 11 heteroatoms. The Kier molecular flexibility index (Phi) is 8.61. The average Bonchev–Trinajstić information content (AvgIpc) is 2.72. The number of aliphatic hydroxyl groups is 1. The summed E-state index contributed by atoms with van der Waals surface area (Å²) in [6.07, 6.45) is -0.906. The maximum atomic E-state index is 12.1. The number of guanidine groups is 1. The molecule has 0 saturated heterocycles. The third-order valence-corrected chi connectivity index (χ3v) is 4.12. The van der Waals surface area contributed by atoms with Crippen molar-refractivity contribution in [3.05, 3.63) is 53.6 Å². The van der Waals surface area contributed by atoms with E-state index in [9.17, 15) is 24.9 Å². The van der Waals surface area contributed by atoms with Crippen molar-refractivity contribution in [2.24, 2.45) is 16.5 Å². The van der Waals surface area contributed by atoms with Gasteiger partial charge in [0, 0.05) is 6.54 Å². The van der Waals surface area contributed by atoms with E-state index in [1.807, 2.05) is 0 Å². The number of aliphatic hydroxyl groups excluding tert-OH is 1. The molecule has 0 heterocycles. The normalized spacial score (nSPS) is 11.4. The predicted molar refractivity (Wildman–Crippen MR) is 114 cm³/mol. The van der Waals surface area contributed by atoms with Gasteiger partial charge in [-0.15, -0.1) is 0 Å². The molecule has 0 aliphatic carbocycles. The number of aliphatic imine (C=N–C) groups is 1. The van der Waals surface area contributed by atoms with Crippen LogP contribution >= 0.6 is 0 Å². The second-order valence-corrected chi connectivity index (χ2v) is 6.66. The number of rotatable bonds is 10. The van der Waals surface area contributed by atoms with Gasteiger partial charge in [0.25, 0.3) is 0 Å². The standard InChI is InChI=1S/C20H26N6O5/c21-20(22)25-14-4-1-12(2-5-14)9-24-19(31)10-23-17(11-27)26-18(30)8-13-3-6-15(28)16(29)7-13/h1-7,17,23,27-29H,8-11H2,(H,24,31)(H,26,30)(H4,21,22,25). The van der Waals surface area contributed by atoms with Crippen LogP contribution in [-0.2, 0) is 22.6 Å². The Balaban J connectivity index is 1.75. The molecule has 10 N–H and O–H groups in total. The number of nitrogens with zero attached hydrogens (tertiary/aromatic N) is 1. The highest BCUT2D eigenvalue weighted by Gasteiger charge is 2.13. The predicted octanol–water partition coefficient (Wildman–Crippen LogP) is -1.11. The zero-order valence-electron chi connectivity index (χ0n) is 16.7. The van der Waals surface area contributed by atoms with Crippen LogP contribution in [0.25, 0.3) is 0 Å². The number of carbonyl (C=O) groups is 2. The molecule has 2 aromatic rings. The summed E-state index contributed by atoms with van der Waals surface area (Å²) in [6, 6.07) is 11.0. The quantitative estimate of drug-likeness (QED) is 0.100. The summed E-state index contributed by atoms with van der Waals surface area (Å²) in [5, 5.41) is 36.2. The summed E-state index contributed by atoms with van der Waals surface area (Å²) in [6.45, 7) is -0.271. The minimum absolute atomic E-state index is 0.0427. The van der Waals surface area contributed by atoms with Crippen LogP contribution in [0.4, 0.5) is 5.69 Å². The molecule has 0 bridgehead atoms. The van der Waals surface area contributed by atoms with Crippen LogP contribution < -0.4 is 27.4 Å². The number of phenols is 2. The van der Waals surface area contributed by atoms with Crippen LogP contribution in [0.5, 0.6) is 11.5 Å². The van der Waals surface area contributed by atoms with Crippen molar-refractivity contribution in [3.8, 4) is 11.5 Å². The van der Waals surface area contributed by atoms with Crippen molar-refractivity contribution in [1.29, 1.82) is 0 Å². The van der Waals surface area contributed by atoms with Crippen molar-refractivity contribution in [2.75, 3.05) is 13.2 Å². The van der Waals surface area contributed by atoms with Crippen LogP contribution in [0, 0.1) is 0 Å². The van der Waals surface area contributed by atoms with Gasteiger partial charge >= 0.3 is 0 Å². The largest absolute Gasteiger partial charge is 0.504 e. The van der Waals surface area contributed by atoms with Crippen molar-refractivity contribution in [3.63, 3.8) is 0 Å². The molecule has 0 radical (unpaired) electrons. The third kappa shape index (κ3) is 8.20. The van der Waals surface area contributed by atoms with E-state index in [0.29, 0.717) is 11.3 Å². The molecule has 1 unspecified atom stereocenters. The number of phenolic OH excluding ortho intramolecular Hbond substituents is 2. The first kappa shape index (κ1) is 23.4. The number of nitrogens with one attached hydrogen (secondary N) is 3. The molecule has 0 aliphatic heterocycles. The summed E-state index contributed by atoms with van der Waals surface area (Å²) in [4.78, 5) is 28.0. The van der Waals surface area contributed by atoms with Gasteiger partial charge in [-0.2, -0.15) is 0 Å². The van der Waals surface area contributed by atoms with Crippen molar-refractivity contribution in [1.82, 2.24) is 16.0 Å². The number of amides is 2. The van der Waals surface area contributed by atoms with E-state index in [1.165, 1.54) is 18.2 Å². The molecular weight excluding hydrogens is 404 g/mol. The smallest absolute Gasteiger partial charge is 0.234 e. The first-order valence-electron chi connectivity index (χ1n) is 9.36. The van der Waals surface area contributed by atoms with Crippen LogP contribution in [0.2, 0.25) is 0 Å². The SMILES string of the molecule is NC(N)=Nc1ccc(CNC(=O)CNC(CO)NC(=O)Cc2ccc(O)c(O)c2)cc1. The van der Waals surface area contributed by atoms with E-state index < -0.39 is 18.7 Å². The Labute approximate surface area is 178 Å². The maximum absolute atomic E-state index is 12.1. The van der Waals surface area contributed by atoms with E-state index in [-0.39, 0.29) is 42.9 Å². The fraction of sp³-hybridized carbons (Fsp3) is 0.250. The monoisotopic (exact) mass is 430 g/mol. The average molecular weight is 430 g/mol. The molecule has 2 amide bonds. The first-order chi connectivity index (χ1) is 14.8. The van der Waals surface area contributed by atoms with Crippen LogP contribution in [0.3, 0.4) is 0 Å². The van der Waals surface area contributed by atoms with Gasteiger partial charge in [0.05, 0.1) is 25.3 Å².